The summed E-state index contributed by atoms with van der Waals surface area (Å²) in [5, 5.41) is 7.29. The highest BCUT2D eigenvalue weighted by Crippen LogP contribution is 2.29. The maximum absolute atomic E-state index is 6.18. The molecule has 6 heteroatoms. The predicted octanol–water partition coefficient (Wildman–Crippen LogP) is 5.24. The van der Waals surface area contributed by atoms with Crippen LogP contribution in [0.4, 0.5) is 23.0 Å². The first kappa shape index (κ1) is 17.0. The van der Waals surface area contributed by atoms with Gasteiger partial charge in [-0.05, 0) is 43.7 Å². The average molecular weight is 355 g/mol. The number of halogens is 1. The van der Waals surface area contributed by atoms with Crippen molar-refractivity contribution in [2.45, 2.75) is 13.8 Å². The Kier molecular flexibility index (Phi) is 5.05. The molecular weight excluding hydrogens is 336 g/mol. The lowest BCUT2D eigenvalue weighted by molar-refractivity contribution is 0.417. The lowest BCUT2D eigenvalue weighted by Gasteiger charge is -2.13. The van der Waals surface area contributed by atoms with E-state index in [0.717, 1.165) is 22.7 Å². The number of hydrogen-bond donors (Lipinski definition) is 2. The highest BCUT2D eigenvalue weighted by atomic mass is 35.5. The van der Waals surface area contributed by atoms with Crippen molar-refractivity contribution in [3.63, 3.8) is 0 Å². The molecule has 1 heterocycles. The van der Waals surface area contributed by atoms with Crippen LogP contribution in [-0.2, 0) is 0 Å². The molecule has 2 aromatic carbocycles. The van der Waals surface area contributed by atoms with Crippen LogP contribution in [0.1, 0.15) is 11.4 Å². The summed E-state index contributed by atoms with van der Waals surface area (Å²) in [4.78, 5) is 8.89. The van der Waals surface area contributed by atoms with E-state index in [1.807, 2.05) is 62.4 Å². The predicted molar refractivity (Wildman–Crippen MR) is 103 cm³/mol. The molecule has 0 radical (unpaired) electrons. The molecule has 1 aromatic heterocycles. The molecule has 0 amide bonds. The summed E-state index contributed by atoms with van der Waals surface area (Å²) in [6, 6.07) is 15.3. The number of rotatable bonds is 5. The number of methoxy groups -OCH3 is 1. The van der Waals surface area contributed by atoms with E-state index < -0.39 is 0 Å². The summed E-state index contributed by atoms with van der Waals surface area (Å²) in [5.41, 5.74) is 2.72. The van der Waals surface area contributed by atoms with Gasteiger partial charge in [0.25, 0.3) is 0 Å². The Morgan fingerprint density at radius 1 is 0.880 bits per heavy atom. The highest BCUT2D eigenvalue weighted by Gasteiger charge is 2.08. The summed E-state index contributed by atoms with van der Waals surface area (Å²) in [5.74, 6) is 2.77. The minimum absolute atomic E-state index is 0.655. The number of ether oxygens (including phenoxy) is 1. The van der Waals surface area contributed by atoms with Crippen LogP contribution in [0.25, 0.3) is 0 Å². The molecule has 0 aliphatic heterocycles. The smallest absolute Gasteiger partial charge is 0.142 e. The van der Waals surface area contributed by atoms with Gasteiger partial charge in [0.05, 0.1) is 12.8 Å². The lowest BCUT2D eigenvalue weighted by Crippen LogP contribution is -2.03. The van der Waals surface area contributed by atoms with E-state index in [1.165, 1.54) is 0 Å². The molecular formula is C19H19ClN4O. The summed E-state index contributed by atoms with van der Waals surface area (Å²) in [7, 11) is 1.64. The number of aryl methyl sites for hydroxylation is 1. The van der Waals surface area contributed by atoms with E-state index in [9.17, 15) is 0 Å². The average Bonchev–Trinajstić information content (AvgIpc) is 2.59. The molecule has 0 aliphatic carbocycles. The molecule has 0 fully saturated rings. The number of para-hydroxylation sites is 2. The summed E-state index contributed by atoms with van der Waals surface area (Å²) in [6.45, 7) is 3.82. The van der Waals surface area contributed by atoms with Crippen LogP contribution >= 0.6 is 11.6 Å². The normalized spacial score (nSPS) is 10.4. The summed E-state index contributed by atoms with van der Waals surface area (Å²) in [6.07, 6.45) is 0. The maximum Gasteiger partial charge on any atom is 0.142 e. The van der Waals surface area contributed by atoms with Gasteiger partial charge in [0.2, 0.25) is 0 Å². The Balaban J connectivity index is 1.89. The van der Waals surface area contributed by atoms with Gasteiger partial charge in [-0.2, -0.15) is 0 Å². The van der Waals surface area contributed by atoms with Crippen LogP contribution in [0.2, 0.25) is 5.02 Å². The van der Waals surface area contributed by atoms with Gasteiger partial charge in [-0.15, -0.1) is 0 Å². The maximum atomic E-state index is 6.18. The Hall–Kier alpha value is -2.79. The van der Waals surface area contributed by atoms with Crippen molar-refractivity contribution in [2.24, 2.45) is 0 Å². The van der Waals surface area contributed by atoms with Crippen LogP contribution in [0.15, 0.2) is 48.5 Å². The van der Waals surface area contributed by atoms with Gasteiger partial charge in [0.1, 0.15) is 23.2 Å². The minimum atomic E-state index is 0.655. The molecule has 128 valence electrons. The molecule has 3 aromatic rings. The van der Waals surface area contributed by atoms with E-state index in [0.29, 0.717) is 22.5 Å². The Bertz CT molecular complexity index is 898. The second kappa shape index (κ2) is 7.40. The van der Waals surface area contributed by atoms with Crippen molar-refractivity contribution < 1.29 is 4.74 Å². The van der Waals surface area contributed by atoms with Crippen molar-refractivity contribution >= 4 is 34.6 Å². The zero-order chi connectivity index (χ0) is 17.8. The van der Waals surface area contributed by atoms with Gasteiger partial charge >= 0.3 is 0 Å². The fourth-order valence-corrected chi connectivity index (χ4v) is 2.64. The molecule has 2 N–H and O–H groups in total. The highest BCUT2D eigenvalue weighted by molar-refractivity contribution is 6.31. The third-order valence-electron chi connectivity index (χ3n) is 3.74. The summed E-state index contributed by atoms with van der Waals surface area (Å²) < 4.78 is 5.37. The van der Waals surface area contributed by atoms with Crippen LogP contribution < -0.4 is 15.4 Å². The van der Waals surface area contributed by atoms with Gasteiger partial charge in [0, 0.05) is 16.8 Å². The van der Waals surface area contributed by atoms with Gasteiger partial charge in [-0.3, -0.25) is 0 Å². The number of nitrogens with one attached hydrogen (secondary N) is 2. The van der Waals surface area contributed by atoms with Crippen LogP contribution in [-0.4, -0.2) is 17.1 Å². The lowest BCUT2D eigenvalue weighted by atomic mass is 10.2. The summed E-state index contributed by atoms with van der Waals surface area (Å²) >= 11 is 6.18. The molecule has 0 atom stereocenters. The third kappa shape index (κ3) is 4.00. The SMILES string of the molecule is COc1ccccc1Nc1cc(Nc2cccc(Cl)c2C)nc(C)n1. The van der Waals surface area contributed by atoms with Gasteiger partial charge < -0.3 is 15.4 Å². The minimum Gasteiger partial charge on any atom is -0.495 e. The topological polar surface area (TPSA) is 59.1 Å². The molecule has 5 nitrogen and oxygen atoms in total. The van der Waals surface area contributed by atoms with E-state index in [1.54, 1.807) is 7.11 Å². The third-order valence-corrected chi connectivity index (χ3v) is 4.15. The Labute approximate surface area is 152 Å². The molecule has 3 rings (SSSR count). The number of nitrogens with zero attached hydrogens (tertiary/aromatic N) is 2. The van der Waals surface area contributed by atoms with E-state index in [2.05, 4.69) is 20.6 Å². The Morgan fingerprint density at radius 2 is 1.52 bits per heavy atom. The second-order valence-electron chi connectivity index (χ2n) is 5.55. The van der Waals surface area contributed by atoms with Crippen molar-refractivity contribution in [3.05, 3.63) is 64.9 Å². The van der Waals surface area contributed by atoms with Gasteiger partial charge in [-0.1, -0.05) is 29.8 Å². The molecule has 0 spiro atoms. The van der Waals surface area contributed by atoms with Crippen molar-refractivity contribution in [3.8, 4) is 5.75 Å². The number of anilines is 4. The molecule has 0 bridgehead atoms. The molecule has 25 heavy (non-hydrogen) atoms. The van der Waals surface area contributed by atoms with Crippen molar-refractivity contribution in [1.29, 1.82) is 0 Å². The van der Waals surface area contributed by atoms with E-state index in [4.69, 9.17) is 16.3 Å². The molecule has 0 saturated heterocycles. The standard InChI is InChI=1S/C19H19ClN4O/c1-12-14(20)7-6-9-15(12)23-18-11-19(22-13(2)21-18)24-16-8-4-5-10-17(16)25-3/h4-11H,1-3H3,(H2,21,22,23,24). The number of hydrogen-bond acceptors (Lipinski definition) is 5. The fourth-order valence-electron chi connectivity index (χ4n) is 2.46. The first-order valence-corrected chi connectivity index (χ1v) is 8.22. The van der Waals surface area contributed by atoms with E-state index >= 15 is 0 Å². The monoisotopic (exact) mass is 354 g/mol. The van der Waals surface area contributed by atoms with Gasteiger partial charge in [0.15, 0.2) is 0 Å². The van der Waals surface area contributed by atoms with Crippen LogP contribution in [0.3, 0.4) is 0 Å². The quantitative estimate of drug-likeness (QED) is 0.656. The molecule has 0 aliphatic rings. The first-order valence-electron chi connectivity index (χ1n) is 7.84. The first-order chi connectivity index (χ1) is 12.1. The zero-order valence-corrected chi connectivity index (χ0v) is 15.1. The fraction of sp³-hybridized carbons (Fsp3) is 0.158. The molecule has 0 unspecified atom stereocenters. The molecule has 0 saturated carbocycles. The van der Waals surface area contributed by atoms with Crippen molar-refractivity contribution in [2.75, 3.05) is 17.7 Å². The van der Waals surface area contributed by atoms with Crippen molar-refractivity contribution in [1.82, 2.24) is 9.97 Å². The van der Waals surface area contributed by atoms with Crippen LogP contribution in [0.5, 0.6) is 5.75 Å². The number of aromatic nitrogens is 2. The second-order valence-corrected chi connectivity index (χ2v) is 5.96. The van der Waals surface area contributed by atoms with Gasteiger partial charge in [-0.25, -0.2) is 9.97 Å². The zero-order valence-electron chi connectivity index (χ0n) is 14.3. The largest absolute Gasteiger partial charge is 0.495 e. The van der Waals surface area contributed by atoms with Crippen LogP contribution in [0, 0.1) is 13.8 Å². The van der Waals surface area contributed by atoms with E-state index in [-0.39, 0.29) is 0 Å². The number of benzene rings is 2. The Morgan fingerprint density at radius 3 is 2.24 bits per heavy atom.